The van der Waals surface area contributed by atoms with Gasteiger partial charge in [0.25, 0.3) is 0 Å². The van der Waals surface area contributed by atoms with Gasteiger partial charge in [-0.1, -0.05) is 12.1 Å². The van der Waals surface area contributed by atoms with Gasteiger partial charge in [0.05, 0.1) is 0 Å². The highest BCUT2D eigenvalue weighted by atomic mass is 19.1. The van der Waals surface area contributed by atoms with Crippen LogP contribution in [0.15, 0.2) is 36.4 Å². The second-order valence-electron chi connectivity index (χ2n) is 4.57. The number of carbonyl (C=O) groups is 1. The van der Waals surface area contributed by atoms with Crippen LogP contribution >= 0.6 is 0 Å². The van der Waals surface area contributed by atoms with Crippen LogP contribution in [0.3, 0.4) is 0 Å². The summed E-state index contributed by atoms with van der Waals surface area (Å²) in [5.41, 5.74) is 2.69. The third-order valence-corrected chi connectivity index (χ3v) is 3.22. The van der Waals surface area contributed by atoms with E-state index < -0.39 is 11.6 Å². The van der Waals surface area contributed by atoms with Crippen molar-refractivity contribution in [3.63, 3.8) is 0 Å². The van der Waals surface area contributed by atoms with E-state index in [0.29, 0.717) is 12.1 Å². The summed E-state index contributed by atoms with van der Waals surface area (Å²) in [7, 11) is 0. The fourth-order valence-corrected chi connectivity index (χ4v) is 2.29. The minimum atomic E-state index is -0.744. The molecule has 0 bridgehead atoms. The molecule has 0 saturated heterocycles. The van der Waals surface area contributed by atoms with E-state index in [4.69, 9.17) is 0 Å². The first-order valence-corrected chi connectivity index (χ1v) is 5.97. The summed E-state index contributed by atoms with van der Waals surface area (Å²) < 4.78 is 26.2. The molecule has 1 aliphatic rings. The zero-order valence-electron chi connectivity index (χ0n) is 10.0. The zero-order valence-corrected chi connectivity index (χ0v) is 10.0. The smallest absolute Gasteiger partial charge is 0.193 e. The van der Waals surface area contributed by atoms with Crippen molar-refractivity contribution in [3.05, 3.63) is 70.3 Å². The number of halogens is 2. The number of benzene rings is 2. The van der Waals surface area contributed by atoms with Gasteiger partial charge in [-0.2, -0.15) is 0 Å². The number of carbonyl (C=O) groups excluding carboxylic acids is 1. The number of nitrogens with one attached hydrogen (secondary N) is 1. The molecule has 4 heteroatoms. The van der Waals surface area contributed by atoms with Crippen LogP contribution < -0.4 is 5.32 Å². The first kappa shape index (κ1) is 12.0. The lowest BCUT2D eigenvalue weighted by atomic mass is 9.99. The molecule has 0 radical (unpaired) electrons. The number of rotatable bonds is 2. The molecular formula is C15H11F2NO. The van der Waals surface area contributed by atoms with Crippen LogP contribution in [0.5, 0.6) is 0 Å². The molecule has 1 N–H and O–H groups in total. The molecule has 2 aromatic rings. The van der Waals surface area contributed by atoms with E-state index in [1.807, 2.05) is 6.07 Å². The zero-order chi connectivity index (χ0) is 13.4. The van der Waals surface area contributed by atoms with E-state index in [2.05, 4.69) is 5.32 Å². The third-order valence-electron chi connectivity index (χ3n) is 3.22. The van der Waals surface area contributed by atoms with Gasteiger partial charge in [0, 0.05) is 30.3 Å². The molecule has 0 fully saturated rings. The molecule has 0 aliphatic carbocycles. The predicted molar refractivity (Wildman–Crippen MR) is 66.8 cm³/mol. The molecule has 2 nitrogen and oxygen atoms in total. The monoisotopic (exact) mass is 259 g/mol. The van der Waals surface area contributed by atoms with Crippen LogP contribution in [-0.2, 0) is 13.1 Å². The maximum absolute atomic E-state index is 13.1. The molecule has 0 atom stereocenters. The minimum absolute atomic E-state index is 0.0309. The van der Waals surface area contributed by atoms with Gasteiger partial charge in [-0.15, -0.1) is 0 Å². The van der Waals surface area contributed by atoms with Gasteiger partial charge in [-0.25, -0.2) is 8.78 Å². The maximum Gasteiger partial charge on any atom is 0.193 e. The molecular weight excluding hydrogens is 248 g/mol. The average molecular weight is 259 g/mol. The Hall–Kier alpha value is -2.07. The van der Waals surface area contributed by atoms with Gasteiger partial charge in [0.2, 0.25) is 0 Å². The van der Waals surface area contributed by atoms with Crippen molar-refractivity contribution in [2.45, 2.75) is 13.1 Å². The Bertz CT molecular complexity index is 647. The van der Waals surface area contributed by atoms with Gasteiger partial charge >= 0.3 is 0 Å². The van der Waals surface area contributed by atoms with Crippen molar-refractivity contribution in [1.29, 1.82) is 0 Å². The normalized spacial score (nSPS) is 13.4. The Balaban J connectivity index is 1.99. The van der Waals surface area contributed by atoms with Crippen molar-refractivity contribution < 1.29 is 13.6 Å². The molecule has 0 unspecified atom stereocenters. The molecule has 0 saturated carbocycles. The molecule has 19 heavy (non-hydrogen) atoms. The average Bonchev–Trinajstić information content (AvgIpc) is 2.83. The SMILES string of the molecule is O=C(c1cc(F)cc(F)c1)c1ccc2c(c1)CNC2. The first-order chi connectivity index (χ1) is 9.13. The quantitative estimate of drug-likeness (QED) is 0.840. The number of fused-ring (bicyclic) bond motifs is 1. The second kappa shape index (κ2) is 4.55. The Morgan fingerprint density at radius 2 is 1.58 bits per heavy atom. The van der Waals surface area contributed by atoms with Crippen molar-refractivity contribution in [2.24, 2.45) is 0 Å². The number of ketones is 1. The fourth-order valence-electron chi connectivity index (χ4n) is 2.29. The van der Waals surface area contributed by atoms with Crippen LogP contribution in [0.2, 0.25) is 0 Å². The third kappa shape index (κ3) is 2.27. The van der Waals surface area contributed by atoms with E-state index in [1.165, 1.54) is 0 Å². The first-order valence-electron chi connectivity index (χ1n) is 5.97. The van der Waals surface area contributed by atoms with Crippen molar-refractivity contribution >= 4 is 5.78 Å². The Kier molecular flexibility index (Phi) is 2.87. The predicted octanol–water partition coefficient (Wildman–Crippen LogP) is 2.80. The Morgan fingerprint density at radius 3 is 2.32 bits per heavy atom. The van der Waals surface area contributed by atoms with Gasteiger partial charge in [0.15, 0.2) is 5.78 Å². The lowest BCUT2D eigenvalue weighted by molar-refractivity contribution is 0.103. The van der Waals surface area contributed by atoms with Gasteiger partial charge in [-0.3, -0.25) is 4.79 Å². The summed E-state index contributed by atoms with van der Waals surface area (Å²) in [5, 5.41) is 3.18. The van der Waals surface area contributed by atoms with E-state index in [9.17, 15) is 13.6 Å². The van der Waals surface area contributed by atoms with Crippen molar-refractivity contribution in [2.75, 3.05) is 0 Å². The van der Waals surface area contributed by atoms with Crippen LogP contribution in [0.25, 0.3) is 0 Å². The topological polar surface area (TPSA) is 29.1 Å². The molecule has 3 rings (SSSR count). The standard InChI is InChI=1S/C15H11F2NO/c16-13-4-11(5-14(17)6-13)15(19)9-1-2-10-7-18-8-12(10)3-9/h1-6,18H,7-8H2. The largest absolute Gasteiger partial charge is 0.309 e. The lowest BCUT2D eigenvalue weighted by Crippen LogP contribution is -2.04. The number of hydrogen-bond acceptors (Lipinski definition) is 2. The van der Waals surface area contributed by atoms with Gasteiger partial charge in [-0.05, 0) is 29.3 Å². The highest BCUT2D eigenvalue weighted by Gasteiger charge is 2.16. The molecule has 0 amide bonds. The lowest BCUT2D eigenvalue weighted by Gasteiger charge is -2.04. The van der Waals surface area contributed by atoms with E-state index in [-0.39, 0.29) is 11.3 Å². The van der Waals surface area contributed by atoms with E-state index >= 15 is 0 Å². The highest BCUT2D eigenvalue weighted by Crippen LogP contribution is 2.20. The number of hydrogen-bond donors (Lipinski definition) is 1. The fraction of sp³-hybridized carbons (Fsp3) is 0.133. The highest BCUT2D eigenvalue weighted by molar-refractivity contribution is 6.09. The molecule has 1 aliphatic heterocycles. The second-order valence-corrected chi connectivity index (χ2v) is 4.57. The van der Waals surface area contributed by atoms with Crippen LogP contribution in [0, 0.1) is 11.6 Å². The minimum Gasteiger partial charge on any atom is -0.309 e. The van der Waals surface area contributed by atoms with E-state index in [0.717, 1.165) is 35.9 Å². The molecule has 2 aromatic carbocycles. The van der Waals surface area contributed by atoms with E-state index in [1.54, 1.807) is 12.1 Å². The maximum atomic E-state index is 13.1. The Morgan fingerprint density at radius 1 is 0.895 bits per heavy atom. The van der Waals surface area contributed by atoms with Crippen LogP contribution in [0.4, 0.5) is 8.78 Å². The van der Waals surface area contributed by atoms with Crippen molar-refractivity contribution in [3.8, 4) is 0 Å². The Labute approximate surface area is 109 Å². The van der Waals surface area contributed by atoms with Crippen LogP contribution in [-0.4, -0.2) is 5.78 Å². The molecule has 0 spiro atoms. The summed E-state index contributed by atoms with van der Waals surface area (Å²) in [6.07, 6.45) is 0. The summed E-state index contributed by atoms with van der Waals surface area (Å²) in [6.45, 7) is 1.51. The molecule has 96 valence electrons. The van der Waals surface area contributed by atoms with Gasteiger partial charge < -0.3 is 5.32 Å². The molecule has 0 aromatic heterocycles. The van der Waals surface area contributed by atoms with Gasteiger partial charge in [0.1, 0.15) is 11.6 Å². The summed E-state index contributed by atoms with van der Waals surface area (Å²) >= 11 is 0. The van der Waals surface area contributed by atoms with Crippen molar-refractivity contribution in [1.82, 2.24) is 5.32 Å². The van der Waals surface area contributed by atoms with Crippen LogP contribution in [0.1, 0.15) is 27.0 Å². The summed E-state index contributed by atoms with van der Waals surface area (Å²) in [5.74, 6) is -1.86. The summed E-state index contributed by atoms with van der Waals surface area (Å²) in [6, 6.07) is 8.20. The molecule has 1 heterocycles. The summed E-state index contributed by atoms with van der Waals surface area (Å²) in [4.78, 5) is 12.2.